The van der Waals surface area contributed by atoms with Crippen molar-refractivity contribution in [2.75, 3.05) is 18.0 Å². The van der Waals surface area contributed by atoms with Crippen molar-refractivity contribution in [2.45, 2.75) is 31.5 Å². The van der Waals surface area contributed by atoms with E-state index in [2.05, 4.69) is 10.2 Å². The van der Waals surface area contributed by atoms with E-state index in [1.165, 1.54) is 11.8 Å². The zero-order valence-electron chi connectivity index (χ0n) is 20.8. The summed E-state index contributed by atoms with van der Waals surface area (Å²) < 4.78 is 28.2. The molecule has 0 aromatic heterocycles. The van der Waals surface area contributed by atoms with E-state index in [1.807, 2.05) is 24.3 Å². The summed E-state index contributed by atoms with van der Waals surface area (Å²) in [6.45, 7) is 1.92. The van der Waals surface area contributed by atoms with Gasteiger partial charge in [0, 0.05) is 34.9 Å². The maximum Gasteiger partial charge on any atom is 0.325 e. The Bertz CT molecular complexity index is 1300. The van der Waals surface area contributed by atoms with Crippen LogP contribution in [0.25, 0.3) is 0 Å². The van der Waals surface area contributed by atoms with Crippen molar-refractivity contribution in [2.24, 2.45) is 0 Å². The normalized spacial score (nSPS) is 14.5. The number of amides is 2. The van der Waals surface area contributed by atoms with Crippen LogP contribution in [0.4, 0.5) is 14.5 Å². The first-order valence-corrected chi connectivity index (χ1v) is 12.8. The second-order valence-corrected chi connectivity index (χ2v) is 10.2. The van der Waals surface area contributed by atoms with Crippen molar-refractivity contribution in [3.8, 4) is 0 Å². The van der Waals surface area contributed by atoms with Crippen LogP contribution in [-0.4, -0.2) is 53.0 Å². The van der Waals surface area contributed by atoms with Gasteiger partial charge in [0.05, 0.1) is 12.1 Å². The maximum absolute atomic E-state index is 14.1. The van der Waals surface area contributed by atoms with Crippen LogP contribution in [0, 0.1) is 11.6 Å². The SMILES string of the molecule is CC(NC(=O)CC(=O)N(c1cc(F)cc(F)c1)C1CN(C(c2ccc(Cl)cc2)c2ccc(Cl)cc2)C1)C(=O)O. The molecule has 1 heterocycles. The molecule has 39 heavy (non-hydrogen) atoms. The molecule has 3 aromatic rings. The van der Waals surface area contributed by atoms with Gasteiger partial charge in [0.15, 0.2) is 0 Å². The van der Waals surface area contributed by atoms with Crippen molar-refractivity contribution < 1.29 is 28.3 Å². The van der Waals surface area contributed by atoms with Gasteiger partial charge in [0.1, 0.15) is 24.1 Å². The molecule has 1 aliphatic heterocycles. The number of hydrogen-bond donors (Lipinski definition) is 2. The van der Waals surface area contributed by atoms with Gasteiger partial charge in [-0.05, 0) is 54.4 Å². The molecule has 1 saturated heterocycles. The summed E-state index contributed by atoms with van der Waals surface area (Å²) in [4.78, 5) is 40.0. The van der Waals surface area contributed by atoms with Gasteiger partial charge in [-0.2, -0.15) is 0 Å². The molecule has 0 saturated carbocycles. The third-order valence-electron chi connectivity index (χ3n) is 6.45. The fraction of sp³-hybridized carbons (Fsp3) is 0.250. The fourth-order valence-corrected chi connectivity index (χ4v) is 4.83. The summed E-state index contributed by atoms with van der Waals surface area (Å²) >= 11 is 12.2. The number of carboxylic acid groups (broad SMARTS) is 1. The average molecular weight is 576 g/mol. The van der Waals surface area contributed by atoms with E-state index >= 15 is 0 Å². The van der Waals surface area contributed by atoms with Crippen molar-refractivity contribution in [1.82, 2.24) is 10.2 Å². The number of aliphatic carboxylic acids is 1. The summed E-state index contributed by atoms with van der Waals surface area (Å²) in [5, 5.41) is 12.4. The maximum atomic E-state index is 14.1. The highest BCUT2D eigenvalue weighted by atomic mass is 35.5. The minimum absolute atomic E-state index is 0.0317. The minimum atomic E-state index is -1.26. The average Bonchev–Trinajstić information content (AvgIpc) is 2.83. The molecule has 0 radical (unpaired) electrons. The third kappa shape index (κ3) is 6.92. The van der Waals surface area contributed by atoms with Gasteiger partial charge < -0.3 is 15.3 Å². The van der Waals surface area contributed by atoms with Crippen LogP contribution < -0.4 is 10.2 Å². The van der Waals surface area contributed by atoms with E-state index in [9.17, 15) is 23.2 Å². The Morgan fingerprint density at radius 3 is 1.90 bits per heavy atom. The predicted molar refractivity (Wildman–Crippen MR) is 144 cm³/mol. The van der Waals surface area contributed by atoms with Crippen LogP contribution >= 0.6 is 23.2 Å². The van der Waals surface area contributed by atoms with Crippen molar-refractivity contribution in [3.63, 3.8) is 0 Å². The van der Waals surface area contributed by atoms with Gasteiger partial charge in [-0.25, -0.2) is 8.78 Å². The number of benzene rings is 3. The Balaban J connectivity index is 1.60. The molecule has 1 aliphatic rings. The van der Waals surface area contributed by atoms with Gasteiger partial charge in [-0.15, -0.1) is 0 Å². The van der Waals surface area contributed by atoms with Gasteiger partial charge in [-0.3, -0.25) is 19.3 Å². The lowest BCUT2D eigenvalue weighted by molar-refractivity contribution is -0.142. The zero-order valence-corrected chi connectivity index (χ0v) is 22.3. The molecule has 204 valence electrons. The molecular weight excluding hydrogens is 551 g/mol. The van der Waals surface area contributed by atoms with E-state index in [0.717, 1.165) is 23.3 Å². The first kappa shape index (κ1) is 28.5. The van der Waals surface area contributed by atoms with E-state index in [0.29, 0.717) is 29.2 Å². The minimum Gasteiger partial charge on any atom is -0.480 e. The molecule has 0 spiro atoms. The van der Waals surface area contributed by atoms with Gasteiger partial charge in [0.2, 0.25) is 11.8 Å². The highest BCUT2D eigenvalue weighted by Crippen LogP contribution is 2.36. The number of anilines is 1. The van der Waals surface area contributed by atoms with Crippen molar-refractivity contribution in [3.05, 3.63) is 99.5 Å². The Morgan fingerprint density at radius 2 is 1.44 bits per heavy atom. The third-order valence-corrected chi connectivity index (χ3v) is 6.95. The molecule has 3 aromatic carbocycles. The van der Waals surface area contributed by atoms with Gasteiger partial charge in [0.25, 0.3) is 0 Å². The monoisotopic (exact) mass is 575 g/mol. The van der Waals surface area contributed by atoms with Crippen LogP contribution in [0.1, 0.15) is 30.5 Å². The lowest BCUT2D eigenvalue weighted by Gasteiger charge is -2.49. The van der Waals surface area contributed by atoms with Crippen LogP contribution in [0.3, 0.4) is 0 Å². The number of carbonyl (C=O) groups excluding carboxylic acids is 2. The highest BCUT2D eigenvalue weighted by molar-refractivity contribution is 6.30. The number of carbonyl (C=O) groups is 3. The highest BCUT2D eigenvalue weighted by Gasteiger charge is 2.40. The van der Waals surface area contributed by atoms with E-state index in [4.69, 9.17) is 28.3 Å². The molecule has 1 unspecified atom stereocenters. The smallest absolute Gasteiger partial charge is 0.325 e. The molecular formula is C28H25Cl2F2N3O4. The Hall–Kier alpha value is -3.53. The second kappa shape index (κ2) is 12.1. The fourth-order valence-electron chi connectivity index (χ4n) is 4.58. The predicted octanol–water partition coefficient (Wildman–Crippen LogP) is 5.06. The lowest BCUT2D eigenvalue weighted by atomic mass is 9.92. The summed E-state index contributed by atoms with van der Waals surface area (Å²) in [5.74, 6) is -4.53. The number of rotatable bonds is 9. The summed E-state index contributed by atoms with van der Waals surface area (Å²) in [6, 6.07) is 15.5. The van der Waals surface area contributed by atoms with Crippen LogP contribution in [0.2, 0.25) is 10.0 Å². The Morgan fingerprint density at radius 1 is 0.949 bits per heavy atom. The zero-order chi connectivity index (χ0) is 28.3. The van der Waals surface area contributed by atoms with Gasteiger partial charge >= 0.3 is 5.97 Å². The largest absolute Gasteiger partial charge is 0.480 e. The van der Waals surface area contributed by atoms with Crippen LogP contribution in [0.15, 0.2) is 66.7 Å². The Kier molecular flexibility index (Phi) is 8.84. The van der Waals surface area contributed by atoms with Crippen LogP contribution in [0.5, 0.6) is 0 Å². The first-order valence-electron chi connectivity index (χ1n) is 12.1. The Labute approximate surface area is 233 Å². The number of hydrogen-bond acceptors (Lipinski definition) is 4. The molecule has 11 heteroatoms. The molecule has 1 atom stereocenters. The molecule has 4 rings (SSSR count). The first-order chi connectivity index (χ1) is 18.5. The van der Waals surface area contributed by atoms with Crippen molar-refractivity contribution >= 4 is 46.7 Å². The second-order valence-electron chi connectivity index (χ2n) is 9.31. The van der Waals surface area contributed by atoms with Crippen LogP contribution in [-0.2, 0) is 14.4 Å². The number of halogens is 4. The standard InChI is InChI=1S/C28H25Cl2F2N3O4/c1-16(28(38)39)33-25(36)13-26(37)35(23-11-21(31)10-22(32)12-23)24-14-34(15-24)27(17-2-6-19(29)7-3-17)18-4-8-20(30)9-5-18/h2-12,16,24,27H,13-15H2,1H3,(H,33,36)(H,38,39). The molecule has 0 aliphatic carbocycles. The topological polar surface area (TPSA) is 90.0 Å². The molecule has 2 amide bonds. The van der Waals surface area contributed by atoms with Crippen molar-refractivity contribution in [1.29, 1.82) is 0 Å². The molecule has 0 bridgehead atoms. The number of likely N-dealkylation sites (tertiary alicyclic amines) is 1. The summed E-state index contributed by atoms with van der Waals surface area (Å²) in [6.07, 6.45) is -0.690. The van der Waals surface area contributed by atoms with E-state index in [-0.39, 0.29) is 11.7 Å². The molecule has 2 N–H and O–H groups in total. The van der Waals surface area contributed by atoms with E-state index in [1.54, 1.807) is 24.3 Å². The lowest BCUT2D eigenvalue weighted by Crippen LogP contribution is -2.62. The summed E-state index contributed by atoms with van der Waals surface area (Å²) in [5.41, 5.74) is 1.85. The number of nitrogens with zero attached hydrogens (tertiary/aromatic N) is 2. The summed E-state index contributed by atoms with van der Waals surface area (Å²) in [7, 11) is 0. The number of carboxylic acids is 1. The van der Waals surface area contributed by atoms with E-state index < -0.39 is 47.9 Å². The molecule has 7 nitrogen and oxygen atoms in total. The number of nitrogens with one attached hydrogen (secondary N) is 1. The molecule has 1 fully saturated rings. The van der Waals surface area contributed by atoms with Gasteiger partial charge in [-0.1, -0.05) is 47.5 Å². The quantitative estimate of drug-likeness (QED) is 0.348.